The van der Waals surface area contributed by atoms with E-state index in [2.05, 4.69) is 86.6 Å². The van der Waals surface area contributed by atoms with Crippen molar-refractivity contribution in [3.05, 3.63) is 43.9 Å². The van der Waals surface area contributed by atoms with Crippen molar-refractivity contribution < 1.29 is 4.74 Å². The van der Waals surface area contributed by atoms with Gasteiger partial charge in [0.2, 0.25) is 0 Å². The molecule has 3 heteroatoms. The van der Waals surface area contributed by atoms with Crippen LogP contribution in [0.4, 0.5) is 0 Å². The maximum absolute atomic E-state index is 6.87. The van der Waals surface area contributed by atoms with Crippen LogP contribution in [0.5, 0.6) is 0 Å². The van der Waals surface area contributed by atoms with Crippen molar-refractivity contribution >= 4 is 34.3 Å². The Labute approximate surface area is 178 Å². The predicted molar refractivity (Wildman–Crippen MR) is 117 cm³/mol. The zero-order valence-corrected chi connectivity index (χ0v) is 21.7. The molecular weight excluding hydrogens is 443 g/mol. The molecule has 0 aromatic carbocycles. The molecule has 26 heavy (non-hydrogen) atoms. The summed E-state index contributed by atoms with van der Waals surface area (Å²) in [5.74, 6) is 0. The second kappa shape index (κ2) is 7.48. The molecule has 0 heterocycles. The van der Waals surface area contributed by atoms with E-state index in [0.717, 1.165) is 12.8 Å². The fraction of sp³-hybridized carbons (Fsp3) is 0.652. The van der Waals surface area contributed by atoms with Gasteiger partial charge in [-0.3, -0.25) is 0 Å². The molecule has 1 unspecified atom stereocenters. The Bertz CT molecular complexity index is 674. The van der Waals surface area contributed by atoms with Gasteiger partial charge < -0.3 is 0 Å². The molecule has 0 N–H and O–H groups in total. The molecule has 1 atom stereocenters. The standard InChI is InChI=1S/C23H35OS.Sn/c1-20(2,3)17-14-15-23(24-22(7,8)9,19(16-17)21(4,5)6)25-18-12-10-11-13-18;/h10,12,14,16H,11,15H2,1-9H3;. The monoisotopic (exact) mass is 479 g/mol. The summed E-state index contributed by atoms with van der Waals surface area (Å²) in [6, 6.07) is 0. The minimum absolute atomic E-state index is 0.0488. The van der Waals surface area contributed by atoms with Crippen LogP contribution in [0.2, 0.25) is 0 Å². The quantitative estimate of drug-likeness (QED) is 0.322. The summed E-state index contributed by atoms with van der Waals surface area (Å²) in [5, 5.41) is 0. The number of allylic oxidation sites excluding steroid dienone is 5. The Morgan fingerprint density at radius 1 is 1.00 bits per heavy atom. The fourth-order valence-corrected chi connectivity index (χ4v) is 6.13. The normalized spacial score (nSPS) is 24.8. The third kappa shape index (κ3) is 5.32. The molecule has 143 valence electrons. The first-order valence-electron chi connectivity index (χ1n) is 9.58. The number of ether oxygens (including phenoxy) is 1. The van der Waals surface area contributed by atoms with Gasteiger partial charge in [-0.25, -0.2) is 0 Å². The summed E-state index contributed by atoms with van der Waals surface area (Å²) in [5.41, 5.74) is 2.84. The first-order chi connectivity index (χ1) is 11.6. The topological polar surface area (TPSA) is 9.23 Å². The Kier molecular flexibility index (Phi) is 6.43. The molecule has 0 bridgehead atoms. The average Bonchev–Trinajstić information content (AvgIpc) is 2.79. The van der Waals surface area contributed by atoms with Gasteiger partial charge in [0.1, 0.15) is 0 Å². The van der Waals surface area contributed by atoms with E-state index in [1.54, 1.807) is 0 Å². The van der Waals surface area contributed by atoms with Crippen molar-refractivity contribution in [2.45, 2.75) is 85.7 Å². The van der Waals surface area contributed by atoms with Crippen molar-refractivity contribution in [2.75, 3.05) is 0 Å². The fourth-order valence-electron chi connectivity index (χ4n) is 3.46. The van der Waals surface area contributed by atoms with E-state index in [9.17, 15) is 0 Å². The second-order valence-corrected chi connectivity index (χ2v) is 13.5. The van der Waals surface area contributed by atoms with E-state index in [-0.39, 0.29) is 21.4 Å². The van der Waals surface area contributed by atoms with Crippen LogP contribution in [0.25, 0.3) is 0 Å². The molecule has 0 fully saturated rings. The summed E-state index contributed by atoms with van der Waals surface area (Å²) in [6.07, 6.45) is 11.5. The summed E-state index contributed by atoms with van der Waals surface area (Å²) < 4.78 is 8.41. The third-order valence-electron chi connectivity index (χ3n) is 4.61. The molecule has 2 rings (SSSR count). The molecule has 3 radical (unpaired) electrons. The number of hydrogen-bond donors (Lipinski definition) is 0. The molecule has 2 aliphatic carbocycles. The van der Waals surface area contributed by atoms with E-state index in [1.165, 1.54) is 42.2 Å². The first kappa shape index (κ1) is 22.4. The van der Waals surface area contributed by atoms with Crippen LogP contribution in [0.1, 0.15) is 75.2 Å². The number of rotatable bonds is 3. The van der Waals surface area contributed by atoms with Gasteiger partial charge in [-0.05, 0) is 0 Å². The maximum atomic E-state index is 6.87. The van der Waals surface area contributed by atoms with Crippen molar-refractivity contribution in [3.8, 4) is 0 Å². The molecule has 2 aliphatic rings. The van der Waals surface area contributed by atoms with Crippen LogP contribution in [0, 0.1) is 10.8 Å². The molecule has 0 saturated heterocycles. The van der Waals surface area contributed by atoms with Gasteiger partial charge in [0.15, 0.2) is 0 Å². The summed E-state index contributed by atoms with van der Waals surface area (Å²) in [4.78, 5) is 1.08. The summed E-state index contributed by atoms with van der Waals surface area (Å²) in [7, 11) is 0. The molecule has 0 amide bonds. The van der Waals surface area contributed by atoms with E-state index in [4.69, 9.17) is 4.74 Å². The number of thioether (sulfide) groups is 1. The Hall–Kier alpha value is 0.0687. The van der Waals surface area contributed by atoms with Crippen molar-refractivity contribution in [1.82, 2.24) is 0 Å². The summed E-state index contributed by atoms with van der Waals surface area (Å²) in [6.45, 7) is 20.4. The molecular formula is C23H35OSSn. The average molecular weight is 478 g/mol. The van der Waals surface area contributed by atoms with Gasteiger partial charge >= 0.3 is 179 Å². The van der Waals surface area contributed by atoms with Crippen LogP contribution in [0.15, 0.2) is 43.9 Å². The Balaban J connectivity index is 2.58. The van der Waals surface area contributed by atoms with Crippen LogP contribution in [-0.2, 0) is 4.74 Å². The molecule has 0 spiro atoms. The van der Waals surface area contributed by atoms with E-state index in [0.29, 0.717) is 0 Å². The van der Waals surface area contributed by atoms with E-state index in [1.807, 2.05) is 11.8 Å². The van der Waals surface area contributed by atoms with Gasteiger partial charge in [0, 0.05) is 0 Å². The van der Waals surface area contributed by atoms with Gasteiger partial charge in [0.05, 0.1) is 0 Å². The molecule has 0 aromatic heterocycles. The zero-order valence-electron chi connectivity index (χ0n) is 18.0. The van der Waals surface area contributed by atoms with Crippen LogP contribution in [-0.4, -0.2) is 33.1 Å². The SMILES string of the molecule is CC(C)(C)OC1(SC2=[C]([Sn])CC=C2)CC=C(C(C)(C)C)C=C1C(C)(C)C. The second-order valence-electron chi connectivity index (χ2n) is 10.4. The van der Waals surface area contributed by atoms with Gasteiger partial charge in [-0.2, -0.15) is 0 Å². The van der Waals surface area contributed by atoms with Crippen molar-refractivity contribution in [3.63, 3.8) is 0 Å². The first-order valence-corrected chi connectivity index (χ1v) is 11.8. The van der Waals surface area contributed by atoms with E-state index < -0.39 is 0 Å². The third-order valence-corrected chi connectivity index (χ3v) is 7.88. The molecule has 0 aromatic rings. The molecule has 0 saturated carbocycles. The predicted octanol–water partition coefficient (Wildman–Crippen LogP) is 6.92. The van der Waals surface area contributed by atoms with Crippen LogP contribution in [0.3, 0.4) is 0 Å². The van der Waals surface area contributed by atoms with E-state index >= 15 is 0 Å². The number of hydrogen-bond acceptors (Lipinski definition) is 2. The minimum atomic E-state index is -0.336. The van der Waals surface area contributed by atoms with Crippen molar-refractivity contribution in [2.24, 2.45) is 10.8 Å². The summed E-state index contributed by atoms with van der Waals surface area (Å²) >= 11 is 3.46. The molecule has 0 aliphatic heterocycles. The Morgan fingerprint density at radius 3 is 2.04 bits per heavy atom. The van der Waals surface area contributed by atoms with Gasteiger partial charge in [-0.1, -0.05) is 0 Å². The van der Waals surface area contributed by atoms with Crippen LogP contribution >= 0.6 is 11.8 Å². The Morgan fingerprint density at radius 2 is 1.62 bits per heavy atom. The van der Waals surface area contributed by atoms with Crippen LogP contribution < -0.4 is 0 Å². The zero-order chi connectivity index (χ0) is 20.0. The van der Waals surface area contributed by atoms with Crippen molar-refractivity contribution in [1.29, 1.82) is 0 Å². The molecule has 1 nitrogen and oxygen atoms in total. The van der Waals surface area contributed by atoms with Gasteiger partial charge in [0.25, 0.3) is 0 Å². The van der Waals surface area contributed by atoms with Gasteiger partial charge in [-0.15, -0.1) is 0 Å².